The zero-order valence-electron chi connectivity index (χ0n) is 32.6. The van der Waals surface area contributed by atoms with Gasteiger partial charge >= 0.3 is 35.8 Å². The number of hydrogen-bond donors (Lipinski definition) is 2. The van der Waals surface area contributed by atoms with Gasteiger partial charge in [-0.2, -0.15) is 0 Å². The van der Waals surface area contributed by atoms with E-state index in [9.17, 15) is 39.0 Å². The van der Waals surface area contributed by atoms with Gasteiger partial charge in [-0.05, 0) is 31.2 Å². The van der Waals surface area contributed by atoms with Crippen molar-refractivity contribution in [2.75, 3.05) is 0 Å². The van der Waals surface area contributed by atoms with Crippen molar-refractivity contribution in [2.24, 2.45) is 17.3 Å². The molecule has 15 nitrogen and oxygen atoms in total. The zero-order chi connectivity index (χ0) is 41.7. The highest BCUT2D eigenvalue weighted by Crippen LogP contribution is 2.54. The second-order valence-electron chi connectivity index (χ2n) is 15.1. The van der Waals surface area contributed by atoms with E-state index >= 15 is 0 Å². The number of hydrogen-bond acceptors (Lipinski definition) is 15. The van der Waals surface area contributed by atoms with Crippen LogP contribution in [0.15, 0.2) is 79.2 Å². The maximum Gasteiger partial charge on any atom is 0.340 e. The first-order chi connectivity index (χ1) is 26.1. The summed E-state index contributed by atoms with van der Waals surface area (Å²) in [5.41, 5.74) is -5.82. The quantitative estimate of drug-likeness (QED) is 0.221. The number of aliphatic hydroxyl groups is 2. The van der Waals surface area contributed by atoms with Crippen molar-refractivity contribution in [1.82, 2.24) is 4.98 Å². The molecule has 4 rings (SSSR count). The number of aromatic nitrogens is 1. The number of benzene rings is 1. The summed E-state index contributed by atoms with van der Waals surface area (Å²) in [6.07, 6.45) is -5.06. The summed E-state index contributed by atoms with van der Waals surface area (Å²) in [5, 5.41) is 25.4. The fraction of sp³-hybridized carbons (Fsp3) is 0.488. The van der Waals surface area contributed by atoms with Crippen LogP contribution in [0.2, 0.25) is 0 Å². The Morgan fingerprint density at radius 1 is 0.732 bits per heavy atom. The Hall–Kier alpha value is -5.41. The SMILES string of the molecule is C=C1C(OC(C)=O)C2[C@@H](OC(=O)c3ccccc3)[C@](C)(OC(C)=O)C[C@]2(O)[C@@H](OC(C)=O)[C@@H](C)/C=C/C(C)(C)[C@H](OC(=O)c2cccnc2)[C@H](O)[C@H]1OC(C)=O. The van der Waals surface area contributed by atoms with E-state index in [4.69, 9.17) is 28.4 Å². The van der Waals surface area contributed by atoms with Crippen molar-refractivity contribution in [2.45, 2.75) is 110 Å². The molecule has 2 aliphatic rings. The van der Waals surface area contributed by atoms with Gasteiger partial charge in [0.15, 0.2) is 12.2 Å². The Morgan fingerprint density at radius 2 is 1.29 bits per heavy atom. The molecular formula is C41H49NO14. The van der Waals surface area contributed by atoms with Crippen LogP contribution in [0.5, 0.6) is 0 Å². The van der Waals surface area contributed by atoms with Crippen molar-refractivity contribution in [3.63, 3.8) is 0 Å². The molecule has 56 heavy (non-hydrogen) atoms. The molecule has 2 N–H and O–H groups in total. The topological polar surface area (TPSA) is 211 Å². The third-order valence-corrected chi connectivity index (χ3v) is 9.98. The first-order valence-electron chi connectivity index (χ1n) is 18.0. The highest BCUT2D eigenvalue weighted by molar-refractivity contribution is 5.90. The third kappa shape index (κ3) is 9.51. The number of nitrogens with zero attached hydrogens (tertiary/aromatic N) is 1. The van der Waals surface area contributed by atoms with E-state index in [-0.39, 0.29) is 16.7 Å². The van der Waals surface area contributed by atoms with Crippen molar-refractivity contribution in [3.8, 4) is 0 Å². The van der Waals surface area contributed by atoms with E-state index in [0.29, 0.717) is 0 Å². The van der Waals surface area contributed by atoms with E-state index < -0.39 is 107 Å². The van der Waals surface area contributed by atoms with Crippen molar-refractivity contribution in [1.29, 1.82) is 0 Å². The molecule has 2 unspecified atom stereocenters. The highest BCUT2D eigenvalue weighted by Gasteiger charge is 2.70. The minimum absolute atomic E-state index is 0.0402. The summed E-state index contributed by atoms with van der Waals surface area (Å²) in [6, 6.07) is 10.7. The zero-order valence-corrected chi connectivity index (χ0v) is 32.6. The summed E-state index contributed by atoms with van der Waals surface area (Å²) in [5.74, 6) is -7.97. The predicted molar refractivity (Wildman–Crippen MR) is 196 cm³/mol. The number of esters is 6. The van der Waals surface area contributed by atoms with E-state index in [2.05, 4.69) is 11.6 Å². The molecule has 1 heterocycles. The van der Waals surface area contributed by atoms with E-state index in [0.717, 1.165) is 27.7 Å². The summed E-state index contributed by atoms with van der Waals surface area (Å²) < 4.78 is 35.3. The van der Waals surface area contributed by atoms with Gasteiger partial charge in [0.25, 0.3) is 0 Å². The molecule has 1 aromatic heterocycles. The van der Waals surface area contributed by atoms with Gasteiger partial charge < -0.3 is 38.6 Å². The summed E-state index contributed by atoms with van der Waals surface area (Å²) in [4.78, 5) is 82.7. The van der Waals surface area contributed by atoms with Crippen LogP contribution in [-0.4, -0.2) is 98.8 Å². The van der Waals surface area contributed by atoms with Crippen molar-refractivity contribution >= 4 is 35.8 Å². The molecule has 0 aliphatic heterocycles. The van der Waals surface area contributed by atoms with Crippen LogP contribution in [0.3, 0.4) is 0 Å². The summed E-state index contributed by atoms with van der Waals surface area (Å²) >= 11 is 0. The second kappa shape index (κ2) is 17.2. The number of fused-ring (bicyclic) bond motifs is 1. The highest BCUT2D eigenvalue weighted by atomic mass is 16.6. The van der Waals surface area contributed by atoms with Gasteiger partial charge in [-0.25, -0.2) is 9.59 Å². The lowest BCUT2D eigenvalue weighted by atomic mass is 9.71. The molecule has 0 saturated heterocycles. The lowest BCUT2D eigenvalue weighted by Gasteiger charge is -2.45. The largest absolute Gasteiger partial charge is 0.459 e. The Balaban J connectivity index is 2.06. The average molecular weight is 780 g/mol. The Morgan fingerprint density at radius 3 is 1.84 bits per heavy atom. The lowest BCUT2D eigenvalue weighted by Crippen LogP contribution is -2.59. The molecule has 1 fully saturated rings. The number of carbonyl (C=O) groups excluding carboxylic acids is 6. The van der Waals surface area contributed by atoms with Gasteiger partial charge in [0, 0.05) is 63.4 Å². The van der Waals surface area contributed by atoms with E-state index in [1.54, 1.807) is 51.1 Å². The maximum absolute atomic E-state index is 13.8. The second-order valence-corrected chi connectivity index (χ2v) is 15.1. The third-order valence-electron chi connectivity index (χ3n) is 9.98. The molecule has 10 atom stereocenters. The van der Waals surface area contributed by atoms with Gasteiger partial charge in [0.1, 0.15) is 35.6 Å². The summed E-state index contributed by atoms with van der Waals surface area (Å²) in [6.45, 7) is 14.7. The first-order valence-corrected chi connectivity index (χ1v) is 18.0. The van der Waals surface area contributed by atoms with Crippen LogP contribution in [-0.2, 0) is 47.6 Å². The fourth-order valence-corrected chi connectivity index (χ4v) is 7.70. The van der Waals surface area contributed by atoms with Crippen LogP contribution in [0.1, 0.15) is 82.5 Å². The Kier molecular flexibility index (Phi) is 13.3. The minimum Gasteiger partial charge on any atom is -0.459 e. The van der Waals surface area contributed by atoms with Crippen molar-refractivity contribution < 1.29 is 67.4 Å². The monoisotopic (exact) mass is 779 g/mol. The fourth-order valence-electron chi connectivity index (χ4n) is 7.70. The van der Waals surface area contributed by atoms with Crippen LogP contribution in [0, 0.1) is 17.3 Å². The molecule has 0 radical (unpaired) electrons. The number of rotatable bonds is 8. The van der Waals surface area contributed by atoms with Gasteiger partial charge in [0.05, 0.1) is 17.0 Å². The standard InChI is InChI=1S/C41H49NO14/c1-22-17-18-39(7,8)36(55-38(49)29-16-13-19-42-20-29)31(47)33(52-25(4)44)23(2)32(51-24(3)43)30-35(54-37(48)28-14-11-10-12-15-28)40(9,56-27(6)46)21-41(30,50)34(22)53-26(5)45/h10-20,22,30-36,47,50H,2,21H2,1,3-9H3/b18-17+/t22-,30?,31+,32?,33-,34-,35+,36+,40+,41+/m0/s1. The molecule has 15 heteroatoms. The number of pyridine rings is 1. The van der Waals surface area contributed by atoms with Crippen LogP contribution in [0.25, 0.3) is 0 Å². The van der Waals surface area contributed by atoms with Crippen LogP contribution >= 0.6 is 0 Å². The number of aliphatic hydroxyl groups excluding tert-OH is 1. The van der Waals surface area contributed by atoms with Gasteiger partial charge in [-0.1, -0.05) is 57.7 Å². The van der Waals surface area contributed by atoms with Crippen LogP contribution < -0.4 is 0 Å². The molecule has 2 aliphatic carbocycles. The average Bonchev–Trinajstić information content (AvgIpc) is 3.33. The molecule has 0 amide bonds. The van der Waals surface area contributed by atoms with Gasteiger partial charge in [-0.15, -0.1) is 0 Å². The molecule has 0 bridgehead atoms. The Labute approximate surface area is 325 Å². The predicted octanol–water partition coefficient (Wildman–Crippen LogP) is 3.85. The van der Waals surface area contributed by atoms with E-state index in [1.807, 2.05) is 0 Å². The molecule has 0 spiro atoms. The number of ether oxygens (including phenoxy) is 6. The Bertz CT molecular complexity index is 1840. The number of carbonyl (C=O) groups is 6. The molecular weight excluding hydrogens is 730 g/mol. The van der Waals surface area contributed by atoms with Crippen molar-refractivity contribution in [3.05, 3.63) is 90.3 Å². The molecule has 302 valence electrons. The normalized spacial score (nSPS) is 31.9. The first kappa shape index (κ1) is 43.3. The summed E-state index contributed by atoms with van der Waals surface area (Å²) in [7, 11) is 0. The van der Waals surface area contributed by atoms with Gasteiger partial charge in [0.2, 0.25) is 0 Å². The molecule has 1 aromatic carbocycles. The molecule has 1 saturated carbocycles. The maximum atomic E-state index is 13.8. The van der Waals surface area contributed by atoms with E-state index in [1.165, 1.54) is 43.6 Å². The smallest absolute Gasteiger partial charge is 0.340 e. The molecule has 2 aromatic rings. The van der Waals surface area contributed by atoms with Crippen LogP contribution in [0.4, 0.5) is 0 Å². The van der Waals surface area contributed by atoms with Gasteiger partial charge in [-0.3, -0.25) is 24.2 Å². The minimum atomic E-state index is -2.38. The lowest BCUT2D eigenvalue weighted by molar-refractivity contribution is -0.193.